The fourth-order valence-electron chi connectivity index (χ4n) is 3.47. The molecule has 7 heteroatoms. The largest absolute Gasteiger partial charge is 0.369 e. The molecule has 2 aromatic rings. The van der Waals surface area contributed by atoms with Crippen LogP contribution in [0.1, 0.15) is 18.4 Å². The molecule has 138 valence electrons. The molecule has 2 aliphatic rings. The van der Waals surface area contributed by atoms with Crippen LogP contribution in [0.4, 0.5) is 17.3 Å². The Kier molecular flexibility index (Phi) is 4.76. The van der Waals surface area contributed by atoms with Gasteiger partial charge in [-0.1, -0.05) is 6.07 Å². The number of piperazine rings is 1. The van der Waals surface area contributed by atoms with Crippen LogP contribution in [-0.2, 0) is 10.5 Å². The summed E-state index contributed by atoms with van der Waals surface area (Å²) >= 11 is 0. The van der Waals surface area contributed by atoms with E-state index >= 15 is 0 Å². The smallest absolute Gasteiger partial charge is 0.227 e. The van der Waals surface area contributed by atoms with Crippen molar-refractivity contribution in [3.63, 3.8) is 0 Å². The highest BCUT2D eigenvalue weighted by Crippen LogP contribution is 2.30. The maximum atomic E-state index is 6.26. The molecule has 1 aromatic carbocycles. The molecule has 1 aromatic heterocycles. The number of hydrogen-bond donors (Lipinski definition) is 2. The molecule has 0 aliphatic carbocycles. The van der Waals surface area contributed by atoms with Crippen LogP contribution in [0.3, 0.4) is 0 Å². The van der Waals surface area contributed by atoms with E-state index < -0.39 is 5.72 Å². The van der Waals surface area contributed by atoms with Gasteiger partial charge in [0, 0.05) is 62.1 Å². The Labute approximate surface area is 154 Å². The topological polar surface area (TPSA) is 79.5 Å². The zero-order chi connectivity index (χ0) is 18.0. The summed E-state index contributed by atoms with van der Waals surface area (Å²) in [5, 5.41) is 3.28. The molecule has 2 saturated heterocycles. The number of benzene rings is 1. The van der Waals surface area contributed by atoms with Crippen molar-refractivity contribution in [2.75, 3.05) is 50.1 Å². The van der Waals surface area contributed by atoms with E-state index in [4.69, 9.17) is 10.5 Å². The summed E-state index contributed by atoms with van der Waals surface area (Å²) in [5.74, 6) is 0.561. The molecule has 7 nitrogen and oxygen atoms in total. The van der Waals surface area contributed by atoms with Crippen molar-refractivity contribution >= 4 is 17.3 Å². The third kappa shape index (κ3) is 3.65. The van der Waals surface area contributed by atoms with Gasteiger partial charge in [-0.2, -0.15) is 0 Å². The monoisotopic (exact) mass is 354 g/mol. The van der Waals surface area contributed by atoms with E-state index in [2.05, 4.69) is 50.3 Å². The van der Waals surface area contributed by atoms with Crippen molar-refractivity contribution < 1.29 is 4.74 Å². The molecule has 26 heavy (non-hydrogen) atoms. The van der Waals surface area contributed by atoms with Gasteiger partial charge in [-0.05, 0) is 38.1 Å². The lowest BCUT2D eigenvalue weighted by Gasteiger charge is -2.34. The van der Waals surface area contributed by atoms with E-state index in [1.54, 1.807) is 12.4 Å². The number of nitrogens with one attached hydrogen (secondary N) is 1. The fraction of sp³-hybridized carbons (Fsp3) is 0.474. The summed E-state index contributed by atoms with van der Waals surface area (Å²) in [6.45, 7) is 4.96. The first kappa shape index (κ1) is 17.2. The van der Waals surface area contributed by atoms with Gasteiger partial charge in [0.15, 0.2) is 0 Å². The number of aromatic nitrogens is 2. The van der Waals surface area contributed by atoms with Crippen molar-refractivity contribution in [2.45, 2.75) is 18.6 Å². The predicted molar refractivity (Wildman–Crippen MR) is 103 cm³/mol. The lowest BCUT2D eigenvalue weighted by Crippen LogP contribution is -2.44. The van der Waals surface area contributed by atoms with E-state index in [1.807, 2.05) is 6.07 Å². The Morgan fingerprint density at radius 2 is 1.92 bits per heavy atom. The van der Waals surface area contributed by atoms with E-state index in [-0.39, 0.29) is 0 Å². The lowest BCUT2D eigenvalue weighted by molar-refractivity contribution is 0.00514. The van der Waals surface area contributed by atoms with Crippen molar-refractivity contribution in [3.8, 4) is 0 Å². The van der Waals surface area contributed by atoms with Gasteiger partial charge in [0.2, 0.25) is 5.95 Å². The molecule has 0 amide bonds. The van der Waals surface area contributed by atoms with Crippen molar-refractivity contribution in [1.29, 1.82) is 0 Å². The third-order valence-corrected chi connectivity index (χ3v) is 5.16. The first-order chi connectivity index (χ1) is 12.6. The maximum Gasteiger partial charge on any atom is 0.227 e. The Morgan fingerprint density at radius 3 is 2.62 bits per heavy atom. The van der Waals surface area contributed by atoms with Crippen LogP contribution in [0.5, 0.6) is 0 Å². The van der Waals surface area contributed by atoms with Gasteiger partial charge in [-0.3, -0.25) is 5.73 Å². The Balaban J connectivity index is 1.45. The summed E-state index contributed by atoms with van der Waals surface area (Å²) < 4.78 is 5.64. The van der Waals surface area contributed by atoms with Gasteiger partial charge in [-0.25, -0.2) is 9.97 Å². The third-order valence-electron chi connectivity index (χ3n) is 5.16. The van der Waals surface area contributed by atoms with Gasteiger partial charge < -0.3 is 19.9 Å². The van der Waals surface area contributed by atoms with Crippen LogP contribution in [0, 0.1) is 0 Å². The first-order valence-electron chi connectivity index (χ1n) is 9.18. The summed E-state index contributed by atoms with van der Waals surface area (Å²) in [4.78, 5) is 13.6. The van der Waals surface area contributed by atoms with Crippen LogP contribution in [0.15, 0.2) is 36.7 Å². The summed E-state index contributed by atoms with van der Waals surface area (Å²) in [6, 6.07) is 8.39. The SMILES string of the molecule is CN1CCN(c2cccc(Nc3ncc([C@]4(N)CCCO4)cn3)c2)CC1. The average molecular weight is 354 g/mol. The quantitative estimate of drug-likeness (QED) is 0.868. The van der Waals surface area contributed by atoms with Gasteiger partial charge in [0.05, 0.1) is 0 Å². The van der Waals surface area contributed by atoms with Gasteiger partial charge in [-0.15, -0.1) is 0 Å². The second-order valence-corrected chi connectivity index (χ2v) is 7.10. The minimum absolute atomic E-state index is 0.561. The van der Waals surface area contributed by atoms with Crippen molar-refractivity contribution in [3.05, 3.63) is 42.2 Å². The highest BCUT2D eigenvalue weighted by Gasteiger charge is 2.33. The minimum Gasteiger partial charge on any atom is -0.369 e. The fourth-order valence-corrected chi connectivity index (χ4v) is 3.47. The molecular formula is C19H26N6O. The number of rotatable bonds is 4. The van der Waals surface area contributed by atoms with Gasteiger partial charge in [0.1, 0.15) is 5.72 Å². The molecule has 0 saturated carbocycles. The van der Waals surface area contributed by atoms with Crippen LogP contribution < -0.4 is 16.0 Å². The zero-order valence-corrected chi connectivity index (χ0v) is 15.2. The van der Waals surface area contributed by atoms with E-state index in [9.17, 15) is 0 Å². The molecule has 0 unspecified atom stereocenters. The zero-order valence-electron chi connectivity index (χ0n) is 15.2. The summed E-state index contributed by atoms with van der Waals surface area (Å²) in [6.07, 6.45) is 5.28. The van der Waals surface area contributed by atoms with Crippen LogP contribution >= 0.6 is 0 Å². The number of hydrogen-bond acceptors (Lipinski definition) is 7. The predicted octanol–water partition coefficient (Wildman–Crippen LogP) is 1.89. The van der Waals surface area contributed by atoms with Crippen molar-refractivity contribution in [1.82, 2.24) is 14.9 Å². The van der Waals surface area contributed by atoms with Crippen LogP contribution in [0.2, 0.25) is 0 Å². The Morgan fingerprint density at radius 1 is 1.15 bits per heavy atom. The molecule has 0 bridgehead atoms. The van der Waals surface area contributed by atoms with Crippen LogP contribution in [0.25, 0.3) is 0 Å². The standard InChI is InChI=1S/C19H26N6O/c1-24-7-9-25(10-8-24)17-5-2-4-16(12-17)23-18-21-13-15(14-22-18)19(20)6-3-11-26-19/h2,4-5,12-14H,3,6-11,20H2,1H3,(H,21,22,23)/t19-/m0/s1. The second kappa shape index (κ2) is 7.19. The first-order valence-corrected chi connectivity index (χ1v) is 9.18. The Bertz CT molecular complexity index is 736. The highest BCUT2D eigenvalue weighted by molar-refractivity contribution is 5.62. The molecule has 0 spiro atoms. The molecule has 4 rings (SSSR count). The number of nitrogens with two attached hydrogens (primary N) is 1. The minimum atomic E-state index is -0.736. The molecular weight excluding hydrogens is 328 g/mol. The molecule has 0 radical (unpaired) electrons. The second-order valence-electron chi connectivity index (χ2n) is 7.10. The van der Waals surface area contributed by atoms with Gasteiger partial charge in [0.25, 0.3) is 0 Å². The lowest BCUT2D eigenvalue weighted by atomic mass is 10.0. The van der Waals surface area contributed by atoms with E-state index in [0.29, 0.717) is 12.6 Å². The molecule has 3 N–H and O–H groups in total. The summed E-state index contributed by atoms with van der Waals surface area (Å²) in [7, 11) is 2.17. The number of likely N-dealkylation sites (N-methyl/N-ethyl adjacent to an activating group) is 1. The van der Waals surface area contributed by atoms with Gasteiger partial charge >= 0.3 is 0 Å². The molecule has 1 atom stereocenters. The van der Waals surface area contributed by atoms with E-state index in [1.165, 1.54) is 5.69 Å². The number of nitrogens with zero attached hydrogens (tertiary/aromatic N) is 4. The molecule has 3 heterocycles. The molecule has 2 fully saturated rings. The normalized spacial score (nSPS) is 24.0. The van der Waals surface area contributed by atoms with Crippen LogP contribution in [-0.4, -0.2) is 54.7 Å². The highest BCUT2D eigenvalue weighted by atomic mass is 16.5. The number of anilines is 3. The summed E-state index contributed by atoms with van der Waals surface area (Å²) in [5.41, 5.74) is 8.56. The van der Waals surface area contributed by atoms with E-state index in [0.717, 1.165) is 50.3 Å². The number of ether oxygens (including phenoxy) is 1. The average Bonchev–Trinajstić information content (AvgIpc) is 3.11. The van der Waals surface area contributed by atoms with Crippen molar-refractivity contribution in [2.24, 2.45) is 5.73 Å². The Hall–Kier alpha value is -2.22. The maximum absolute atomic E-state index is 6.26. The molecule has 2 aliphatic heterocycles.